The van der Waals surface area contributed by atoms with E-state index in [1.165, 1.54) is 6.33 Å². The van der Waals surface area contributed by atoms with Gasteiger partial charge in [0.1, 0.15) is 19.3 Å². The Kier molecular flexibility index (Phi) is 4.82. The number of aromatic nitrogens is 3. The molecule has 21 heavy (non-hydrogen) atoms. The molecule has 0 bridgehead atoms. The highest BCUT2D eigenvalue weighted by Gasteiger charge is 2.25. The molecule has 0 radical (unpaired) electrons. The third-order valence-corrected chi connectivity index (χ3v) is 4.11. The Morgan fingerprint density at radius 1 is 1.38 bits per heavy atom. The molecule has 2 aliphatic rings. The molecule has 1 aromatic heterocycles. The fraction of sp³-hybridized carbons (Fsp3) is 0.786. The zero-order valence-corrected chi connectivity index (χ0v) is 12.2. The van der Waals surface area contributed by atoms with Crippen LogP contribution in [0.4, 0.5) is 0 Å². The van der Waals surface area contributed by atoms with Gasteiger partial charge < -0.3 is 14.4 Å². The fourth-order valence-electron chi connectivity index (χ4n) is 2.95. The van der Waals surface area contributed by atoms with E-state index in [1.54, 1.807) is 6.33 Å². The molecule has 2 fully saturated rings. The standard InChI is InChI=1S/C14H22N4O3/c19-14(9-20-8-13-4-2-6-21-13)17-5-1-3-12(7-17)18-11-15-10-16-18/h10-13H,1-9H2/t12-,13-/m0/s1. The fourth-order valence-corrected chi connectivity index (χ4v) is 2.95. The Morgan fingerprint density at radius 2 is 2.33 bits per heavy atom. The molecule has 3 heterocycles. The molecule has 0 N–H and O–H groups in total. The van der Waals surface area contributed by atoms with Crippen LogP contribution in [-0.2, 0) is 14.3 Å². The maximum Gasteiger partial charge on any atom is 0.248 e. The predicted octanol–water partition coefficient (Wildman–Crippen LogP) is 0.637. The lowest BCUT2D eigenvalue weighted by atomic mass is 10.1. The van der Waals surface area contributed by atoms with Crippen molar-refractivity contribution in [2.75, 3.05) is 32.9 Å². The number of nitrogens with zero attached hydrogens (tertiary/aromatic N) is 4. The van der Waals surface area contributed by atoms with Crippen molar-refractivity contribution in [3.63, 3.8) is 0 Å². The van der Waals surface area contributed by atoms with Gasteiger partial charge >= 0.3 is 0 Å². The van der Waals surface area contributed by atoms with Crippen LogP contribution in [0.25, 0.3) is 0 Å². The highest BCUT2D eigenvalue weighted by Crippen LogP contribution is 2.20. The van der Waals surface area contributed by atoms with Crippen LogP contribution in [0, 0.1) is 0 Å². The van der Waals surface area contributed by atoms with Crippen LogP contribution in [-0.4, -0.2) is 64.6 Å². The Morgan fingerprint density at radius 3 is 3.10 bits per heavy atom. The molecule has 3 rings (SSSR count). The molecule has 2 aliphatic heterocycles. The molecular weight excluding hydrogens is 272 g/mol. The maximum atomic E-state index is 12.2. The summed E-state index contributed by atoms with van der Waals surface area (Å²) in [6.45, 7) is 2.96. The third kappa shape index (κ3) is 3.79. The number of ether oxygens (including phenoxy) is 2. The van der Waals surface area contributed by atoms with E-state index < -0.39 is 0 Å². The monoisotopic (exact) mass is 294 g/mol. The summed E-state index contributed by atoms with van der Waals surface area (Å²) in [7, 11) is 0. The van der Waals surface area contributed by atoms with Crippen LogP contribution in [0.15, 0.2) is 12.7 Å². The molecule has 7 nitrogen and oxygen atoms in total. The average molecular weight is 294 g/mol. The van der Waals surface area contributed by atoms with Gasteiger partial charge in [-0.3, -0.25) is 4.79 Å². The van der Waals surface area contributed by atoms with E-state index in [0.29, 0.717) is 13.2 Å². The van der Waals surface area contributed by atoms with E-state index in [0.717, 1.165) is 38.8 Å². The number of hydrogen-bond acceptors (Lipinski definition) is 5. The summed E-state index contributed by atoms with van der Waals surface area (Å²) in [5.74, 6) is 0.0535. The molecule has 0 aliphatic carbocycles. The minimum Gasteiger partial charge on any atom is -0.376 e. The number of rotatable bonds is 5. The van der Waals surface area contributed by atoms with Crippen molar-refractivity contribution >= 4 is 5.91 Å². The second kappa shape index (κ2) is 7.00. The summed E-state index contributed by atoms with van der Waals surface area (Å²) < 4.78 is 12.8. The number of amides is 1. The van der Waals surface area contributed by atoms with Gasteiger partial charge in [0.15, 0.2) is 0 Å². The zero-order chi connectivity index (χ0) is 14.5. The van der Waals surface area contributed by atoms with Crippen molar-refractivity contribution in [1.82, 2.24) is 19.7 Å². The van der Waals surface area contributed by atoms with E-state index in [9.17, 15) is 4.79 Å². The van der Waals surface area contributed by atoms with Crippen molar-refractivity contribution in [3.8, 4) is 0 Å². The predicted molar refractivity (Wildman–Crippen MR) is 74.7 cm³/mol. The van der Waals surface area contributed by atoms with Crippen molar-refractivity contribution < 1.29 is 14.3 Å². The quantitative estimate of drug-likeness (QED) is 0.797. The molecule has 116 valence electrons. The SMILES string of the molecule is O=C(COC[C@@H]1CCCO1)N1CCC[C@H](n2cncn2)C1. The van der Waals surface area contributed by atoms with Gasteiger partial charge in [-0.15, -0.1) is 0 Å². The lowest BCUT2D eigenvalue weighted by molar-refractivity contribution is -0.139. The molecule has 1 aromatic rings. The van der Waals surface area contributed by atoms with Crippen molar-refractivity contribution in [2.24, 2.45) is 0 Å². The second-order valence-electron chi connectivity index (χ2n) is 5.66. The summed E-state index contributed by atoms with van der Waals surface area (Å²) in [6.07, 6.45) is 7.56. The molecule has 0 aromatic carbocycles. The van der Waals surface area contributed by atoms with Crippen LogP contribution in [0.1, 0.15) is 31.7 Å². The minimum atomic E-state index is 0.0535. The Bertz CT molecular complexity index is 445. The lowest BCUT2D eigenvalue weighted by Gasteiger charge is -2.32. The van der Waals surface area contributed by atoms with Gasteiger partial charge in [0.2, 0.25) is 5.91 Å². The Balaban J connectivity index is 1.43. The highest BCUT2D eigenvalue weighted by atomic mass is 16.5. The van der Waals surface area contributed by atoms with Crippen LogP contribution >= 0.6 is 0 Å². The largest absolute Gasteiger partial charge is 0.376 e. The van der Waals surface area contributed by atoms with E-state index in [4.69, 9.17) is 9.47 Å². The molecule has 0 spiro atoms. The van der Waals surface area contributed by atoms with Gasteiger partial charge in [0.25, 0.3) is 0 Å². The van der Waals surface area contributed by atoms with Gasteiger partial charge in [0.05, 0.1) is 18.8 Å². The number of hydrogen-bond donors (Lipinski definition) is 0. The lowest BCUT2D eigenvalue weighted by Crippen LogP contribution is -2.42. The summed E-state index contributed by atoms with van der Waals surface area (Å²) >= 11 is 0. The highest BCUT2D eigenvalue weighted by molar-refractivity contribution is 5.77. The minimum absolute atomic E-state index is 0.0535. The van der Waals surface area contributed by atoms with E-state index >= 15 is 0 Å². The van der Waals surface area contributed by atoms with Crippen molar-refractivity contribution in [2.45, 2.75) is 37.8 Å². The molecule has 1 amide bonds. The average Bonchev–Trinajstić information content (AvgIpc) is 3.21. The summed E-state index contributed by atoms with van der Waals surface area (Å²) in [5, 5.41) is 4.17. The summed E-state index contributed by atoms with van der Waals surface area (Å²) in [4.78, 5) is 18.0. The topological polar surface area (TPSA) is 69.5 Å². The zero-order valence-electron chi connectivity index (χ0n) is 12.2. The first kappa shape index (κ1) is 14.5. The third-order valence-electron chi connectivity index (χ3n) is 4.11. The van der Waals surface area contributed by atoms with Gasteiger partial charge in [0, 0.05) is 19.7 Å². The van der Waals surface area contributed by atoms with E-state index in [2.05, 4.69) is 10.1 Å². The number of carbonyl (C=O) groups excluding carboxylic acids is 1. The molecule has 2 saturated heterocycles. The molecular formula is C14H22N4O3. The van der Waals surface area contributed by atoms with Gasteiger partial charge in [-0.05, 0) is 25.7 Å². The first-order valence-electron chi connectivity index (χ1n) is 7.64. The van der Waals surface area contributed by atoms with E-state index in [1.807, 2.05) is 9.58 Å². The first-order chi connectivity index (χ1) is 10.3. The molecule has 0 saturated carbocycles. The van der Waals surface area contributed by atoms with Gasteiger partial charge in [-0.25, -0.2) is 9.67 Å². The van der Waals surface area contributed by atoms with Crippen LogP contribution in [0.5, 0.6) is 0 Å². The molecule has 7 heteroatoms. The Hall–Kier alpha value is -1.47. The summed E-state index contributed by atoms with van der Waals surface area (Å²) in [6, 6.07) is 0.225. The number of likely N-dealkylation sites (tertiary alicyclic amines) is 1. The van der Waals surface area contributed by atoms with Gasteiger partial charge in [-0.2, -0.15) is 5.10 Å². The van der Waals surface area contributed by atoms with Gasteiger partial charge in [-0.1, -0.05) is 0 Å². The Labute approximate surface area is 124 Å². The second-order valence-corrected chi connectivity index (χ2v) is 5.66. The first-order valence-corrected chi connectivity index (χ1v) is 7.64. The number of piperidine rings is 1. The van der Waals surface area contributed by atoms with E-state index in [-0.39, 0.29) is 24.7 Å². The summed E-state index contributed by atoms with van der Waals surface area (Å²) in [5.41, 5.74) is 0. The number of carbonyl (C=O) groups is 1. The maximum absolute atomic E-state index is 12.2. The van der Waals surface area contributed by atoms with Crippen LogP contribution in [0.3, 0.4) is 0 Å². The van der Waals surface area contributed by atoms with Crippen molar-refractivity contribution in [1.29, 1.82) is 0 Å². The smallest absolute Gasteiger partial charge is 0.248 e. The molecule has 0 unspecified atom stereocenters. The van der Waals surface area contributed by atoms with Crippen LogP contribution < -0.4 is 0 Å². The molecule has 2 atom stereocenters. The van der Waals surface area contributed by atoms with Crippen molar-refractivity contribution in [3.05, 3.63) is 12.7 Å². The normalized spacial score (nSPS) is 26.2. The van der Waals surface area contributed by atoms with Crippen LogP contribution in [0.2, 0.25) is 0 Å².